The first kappa shape index (κ1) is 20.4. The fourth-order valence-corrected chi connectivity index (χ4v) is 3.49. The highest BCUT2D eigenvalue weighted by Crippen LogP contribution is 2.30. The molecule has 0 radical (unpaired) electrons. The third kappa shape index (κ3) is 4.56. The van der Waals surface area contributed by atoms with Crippen LogP contribution in [0.4, 0.5) is 11.4 Å². The number of hydrogen-bond acceptors (Lipinski definition) is 4. The van der Waals surface area contributed by atoms with Crippen molar-refractivity contribution in [1.82, 2.24) is 0 Å². The zero-order valence-electron chi connectivity index (χ0n) is 16.5. The molecule has 2 aromatic rings. The number of ether oxygens (including phenoxy) is 1. The lowest BCUT2D eigenvalue weighted by Crippen LogP contribution is -2.34. The highest BCUT2D eigenvalue weighted by Gasteiger charge is 2.37. The maximum Gasteiger partial charge on any atom is 0.341 e. The molecule has 2 aromatic carbocycles. The summed E-state index contributed by atoms with van der Waals surface area (Å²) in [6, 6.07) is 14.4. The van der Waals surface area contributed by atoms with Gasteiger partial charge in [0.15, 0.2) is 6.61 Å². The molecule has 1 heterocycles. The standard InChI is InChI=1S/C22H24N2O5/c1-3-15-6-4-5-7-19(15)24-13-16(12-20(24)25)22(28)23(2)17-8-10-18(11-9-17)29-14-21(26)27/h4-11,16H,3,12-14H2,1-2H3,(H,26,27). The Morgan fingerprint density at radius 2 is 1.86 bits per heavy atom. The second kappa shape index (κ2) is 8.77. The number of anilines is 2. The average molecular weight is 396 g/mol. The van der Waals surface area contributed by atoms with Gasteiger partial charge < -0.3 is 19.6 Å². The summed E-state index contributed by atoms with van der Waals surface area (Å²) in [5.41, 5.74) is 2.61. The molecule has 3 rings (SSSR count). The summed E-state index contributed by atoms with van der Waals surface area (Å²) < 4.78 is 5.11. The summed E-state index contributed by atoms with van der Waals surface area (Å²) in [7, 11) is 1.67. The number of nitrogens with zero attached hydrogens (tertiary/aromatic N) is 2. The smallest absolute Gasteiger partial charge is 0.341 e. The monoisotopic (exact) mass is 396 g/mol. The lowest BCUT2D eigenvalue weighted by molar-refractivity contribution is -0.139. The molecule has 0 aliphatic carbocycles. The number of amides is 2. The Hall–Kier alpha value is -3.35. The first-order chi connectivity index (χ1) is 13.9. The van der Waals surface area contributed by atoms with Crippen molar-refractivity contribution >= 4 is 29.2 Å². The quantitative estimate of drug-likeness (QED) is 0.778. The summed E-state index contributed by atoms with van der Waals surface area (Å²) in [4.78, 5) is 39.3. The molecule has 1 unspecified atom stereocenters. The van der Waals surface area contributed by atoms with Gasteiger partial charge in [-0.05, 0) is 42.3 Å². The van der Waals surface area contributed by atoms with Crippen molar-refractivity contribution in [1.29, 1.82) is 0 Å². The molecule has 1 N–H and O–H groups in total. The van der Waals surface area contributed by atoms with Crippen LogP contribution in [0.25, 0.3) is 0 Å². The van der Waals surface area contributed by atoms with Crippen LogP contribution >= 0.6 is 0 Å². The van der Waals surface area contributed by atoms with Crippen LogP contribution in [-0.2, 0) is 20.8 Å². The Morgan fingerprint density at radius 3 is 2.52 bits per heavy atom. The van der Waals surface area contributed by atoms with Crippen molar-refractivity contribution in [3.63, 3.8) is 0 Å². The van der Waals surface area contributed by atoms with Crippen LogP contribution in [0.15, 0.2) is 48.5 Å². The molecule has 0 aromatic heterocycles. The topological polar surface area (TPSA) is 87.2 Å². The van der Waals surface area contributed by atoms with Gasteiger partial charge in [0, 0.05) is 31.4 Å². The summed E-state index contributed by atoms with van der Waals surface area (Å²) in [5.74, 6) is -1.23. The molecule has 29 heavy (non-hydrogen) atoms. The summed E-state index contributed by atoms with van der Waals surface area (Å²) in [5, 5.41) is 8.66. The van der Waals surface area contributed by atoms with Crippen molar-refractivity contribution in [2.75, 3.05) is 30.0 Å². The molecule has 7 heteroatoms. The van der Waals surface area contributed by atoms with E-state index in [9.17, 15) is 14.4 Å². The Labute approximate surface area is 169 Å². The van der Waals surface area contributed by atoms with Crippen LogP contribution in [0, 0.1) is 5.92 Å². The number of aryl methyl sites for hydroxylation is 1. The third-order valence-electron chi connectivity index (χ3n) is 5.05. The average Bonchev–Trinajstić information content (AvgIpc) is 3.12. The molecule has 1 aliphatic rings. The minimum absolute atomic E-state index is 0.0462. The largest absolute Gasteiger partial charge is 0.482 e. The maximum atomic E-state index is 13.0. The van der Waals surface area contributed by atoms with Gasteiger partial charge in [-0.3, -0.25) is 9.59 Å². The fraction of sp³-hybridized carbons (Fsp3) is 0.318. The van der Waals surface area contributed by atoms with Crippen LogP contribution < -0.4 is 14.5 Å². The predicted octanol–water partition coefficient (Wildman–Crippen LogP) is 2.73. The first-order valence-electron chi connectivity index (χ1n) is 9.51. The number of hydrogen-bond donors (Lipinski definition) is 1. The first-order valence-corrected chi connectivity index (χ1v) is 9.51. The highest BCUT2D eigenvalue weighted by molar-refractivity contribution is 6.04. The predicted molar refractivity (Wildman–Crippen MR) is 109 cm³/mol. The van der Waals surface area contributed by atoms with E-state index < -0.39 is 18.5 Å². The Bertz CT molecular complexity index is 910. The second-order valence-corrected chi connectivity index (χ2v) is 6.96. The zero-order chi connectivity index (χ0) is 21.0. The van der Waals surface area contributed by atoms with Gasteiger partial charge in [-0.15, -0.1) is 0 Å². The van der Waals surface area contributed by atoms with Gasteiger partial charge in [0.1, 0.15) is 5.75 Å². The number of carboxylic acids is 1. The van der Waals surface area contributed by atoms with E-state index in [0.717, 1.165) is 17.7 Å². The maximum absolute atomic E-state index is 13.0. The molecule has 2 amide bonds. The molecule has 0 saturated carbocycles. The van der Waals surface area contributed by atoms with Crippen LogP contribution in [-0.4, -0.2) is 43.1 Å². The van der Waals surface area contributed by atoms with Crippen LogP contribution in [0.2, 0.25) is 0 Å². The van der Waals surface area contributed by atoms with Gasteiger partial charge in [-0.25, -0.2) is 4.79 Å². The van der Waals surface area contributed by atoms with Crippen molar-refractivity contribution in [3.8, 4) is 5.75 Å². The molecular formula is C22H24N2O5. The lowest BCUT2D eigenvalue weighted by atomic mass is 10.1. The van der Waals surface area contributed by atoms with E-state index in [4.69, 9.17) is 9.84 Å². The third-order valence-corrected chi connectivity index (χ3v) is 5.05. The molecule has 1 saturated heterocycles. The minimum Gasteiger partial charge on any atom is -0.482 e. The summed E-state index contributed by atoms with van der Waals surface area (Å²) in [6.45, 7) is 1.98. The van der Waals surface area contributed by atoms with E-state index >= 15 is 0 Å². The SMILES string of the molecule is CCc1ccccc1N1CC(C(=O)N(C)c2ccc(OCC(=O)O)cc2)CC1=O. The second-order valence-electron chi connectivity index (χ2n) is 6.96. The zero-order valence-corrected chi connectivity index (χ0v) is 16.5. The summed E-state index contributed by atoms with van der Waals surface area (Å²) in [6.07, 6.45) is 0.996. The molecule has 7 nitrogen and oxygen atoms in total. The fourth-order valence-electron chi connectivity index (χ4n) is 3.49. The molecule has 0 bridgehead atoms. The van der Waals surface area contributed by atoms with Crippen LogP contribution in [0.5, 0.6) is 5.75 Å². The summed E-state index contributed by atoms with van der Waals surface area (Å²) >= 11 is 0. The van der Waals surface area contributed by atoms with E-state index in [1.54, 1.807) is 36.2 Å². The molecule has 1 fully saturated rings. The number of carboxylic acid groups (broad SMARTS) is 1. The number of rotatable bonds is 7. The van der Waals surface area contributed by atoms with Gasteiger partial charge in [0.25, 0.3) is 0 Å². The normalized spacial score (nSPS) is 16.0. The highest BCUT2D eigenvalue weighted by atomic mass is 16.5. The van der Waals surface area contributed by atoms with Crippen molar-refractivity contribution in [2.24, 2.45) is 5.92 Å². The van der Waals surface area contributed by atoms with Crippen molar-refractivity contribution < 1.29 is 24.2 Å². The van der Waals surface area contributed by atoms with E-state index in [2.05, 4.69) is 0 Å². The van der Waals surface area contributed by atoms with E-state index in [1.165, 1.54) is 4.90 Å². The Morgan fingerprint density at radius 1 is 1.17 bits per heavy atom. The molecular weight excluding hydrogens is 372 g/mol. The van der Waals surface area contributed by atoms with Gasteiger partial charge in [-0.2, -0.15) is 0 Å². The van der Waals surface area contributed by atoms with E-state index in [-0.39, 0.29) is 18.2 Å². The minimum atomic E-state index is -1.05. The molecule has 152 valence electrons. The number of benzene rings is 2. The van der Waals surface area contributed by atoms with Gasteiger partial charge in [-0.1, -0.05) is 25.1 Å². The van der Waals surface area contributed by atoms with Gasteiger partial charge in [0.05, 0.1) is 5.92 Å². The molecule has 1 atom stereocenters. The van der Waals surface area contributed by atoms with E-state index in [1.807, 2.05) is 31.2 Å². The Kier molecular flexibility index (Phi) is 6.16. The van der Waals surface area contributed by atoms with Crippen LogP contribution in [0.3, 0.4) is 0 Å². The molecule has 0 spiro atoms. The number of carbonyl (C=O) groups is 3. The van der Waals surface area contributed by atoms with Gasteiger partial charge >= 0.3 is 5.97 Å². The van der Waals surface area contributed by atoms with Crippen molar-refractivity contribution in [2.45, 2.75) is 19.8 Å². The van der Waals surface area contributed by atoms with Crippen molar-refractivity contribution in [3.05, 3.63) is 54.1 Å². The van der Waals surface area contributed by atoms with Crippen LogP contribution in [0.1, 0.15) is 18.9 Å². The number of carbonyl (C=O) groups excluding carboxylic acids is 2. The Balaban J connectivity index is 1.69. The van der Waals surface area contributed by atoms with E-state index in [0.29, 0.717) is 18.0 Å². The number of para-hydroxylation sites is 1. The number of aliphatic carboxylic acids is 1. The van der Waals surface area contributed by atoms with Gasteiger partial charge in [0.2, 0.25) is 11.8 Å². The lowest BCUT2D eigenvalue weighted by Gasteiger charge is -2.23. The molecule has 1 aliphatic heterocycles.